The van der Waals surface area contributed by atoms with Crippen LogP contribution in [0.1, 0.15) is 47.4 Å². The van der Waals surface area contributed by atoms with Crippen LogP contribution < -0.4 is 5.32 Å². The van der Waals surface area contributed by atoms with E-state index in [0.29, 0.717) is 25.2 Å². The lowest BCUT2D eigenvalue weighted by atomic mass is 10.2. The molecule has 33 heavy (non-hydrogen) atoms. The van der Waals surface area contributed by atoms with Crippen molar-refractivity contribution in [3.05, 3.63) is 45.2 Å². The summed E-state index contributed by atoms with van der Waals surface area (Å²) in [5.74, 6) is -0.611. The second-order valence-corrected chi connectivity index (χ2v) is 10.4. The molecule has 0 radical (unpaired) electrons. The number of alkyl halides is 3. The average Bonchev–Trinajstić information content (AvgIpc) is 3.12. The van der Waals surface area contributed by atoms with E-state index in [1.807, 2.05) is 0 Å². The number of carbonyl (C=O) groups excluding carboxylic acids is 1. The van der Waals surface area contributed by atoms with Crippen molar-refractivity contribution >= 4 is 39.1 Å². The minimum atomic E-state index is -4.53. The van der Waals surface area contributed by atoms with E-state index in [2.05, 4.69) is 10.4 Å². The van der Waals surface area contributed by atoms with Crippen molar-refractivity contribution in [1.82, 2.24) is 19.4 Å². The first-order chi connectivity index (χ1) is 15.4. The molecule has 2 heterocycles. The maximum atomic E-state index is 13.0. The van der Waals surface area contributed by atoms with Crippen molar-refractivity contribution in [3.63, 3.8) is 0 Å². The second-order valence-electron chi connectivity index (χ2n) is 7.73. The number of benzene rings is 1. The van der Waals surface area contributed by atoms with Gasteiger partial charge in [-0.1, -0.05) is 29.6 Å². The van der Waals surface area contributed by atoms with Crippen molar-refractivity contribution < 1.29 is 26.4 Å². The Hall–Kier alpha value is -1.82. The molecule has 3 rings (SSSR count). The fraction of sp³-hybridized carbons (Fsp3) is 0.500. The third kappa shape index (κ3) is 6.00. The van der Waals surface area contributed by atoms with E-state index >= 15 is 0 Å². The van der Waals surface area contributed by atoms with E-state index in [4.69, 9.17) is 23.2 Å². The predicted octanol–water partition coefficient (Wildman–Crippen LogP) is 4.51. The molecule has 182 valence electrons. The summed E-state index contributed by atoms with van der Waals surface area (Å²) in [5.41, 5.74) is -0.673. The predicted molar refractivity (Wildman–Crippen MR) is 118 cm³/mol. The third-order valence-corrected chi connectivity index (χ3v) is 7.98. The Labute approximate surface area is 199 Å². The lowest BCUT2D eigenvalue weighted by molar-refractivity contribution is -0.141. The molecule has 0 bridgehead atoms. The highest BCUT2D eigenvalue weighted by molar-refractivity contribution is 7.89. The largest absolute Gasteiger partial charge is 0.435 e. The van der Waals surface area contributed by atoms with Crippen LogP contribution in [0.15, 0.2) is 23.1 Å². The SMILES string of the molecule is Cc1cc(C(F)(F)F)nn1CCCNC(=O)c1cc(S(=O)(=O)N2CCCCC2)c(Cl)cc1Cl. The summed E-state index contributed by atoms with van der Waals surface area (Å²) in [7, 11) is -3.88. The van der Waals surface area contributed by atoms with Gasteiger partial charge in [-0.3, -0.25) is 9.48 Å². The summed E-state index contributed by atoms with van der Waals surface area (Å²) in [6, 6.07) is 3.34. The molecular formula is C20H23Cl2F3N4O3S. The minimum Gasteiger partial charge on any atom is -0.352 e. The van der Waals surface area contributed by atoms with E-state index in [9.17, 15) is 26.4 Å². The number of nitrogens with zero attached hydrogens (tertiary/aromatic N) is 3. The highest BCUT2D eigenvalue weighted by Crippen LogP contribution is 2.32. The number of piperidine rings is 1. The first-order valence-corrected chi connectivity index (χ1v) is 12.5. The van der Waals surface area contributed by atoms with Crippen LogP contribution >= 0.6 is 23.2 Å². The summed E-state index contributed by atoms with van der Waals surface area (Å²) in [6.07, 6.45) is -1.78. The number of aromatic nitrogens is 2. The maximum absolute atomic E-state index is 13.0. The zero-order valence-electron chi connectivity index (χ0n) is 17.8. The fourth-order valence-corrected chi connectivity index (χ4v) is 5.90. The fourth-order valence-electron chi connectivity index (χ4n) is 3.55. The van der Waals surface area contributed by atoms with E-state index in [1.54, 1.807) is 0 Å². The Morgan fingerprint density at radius 2 is 1.79 bits per heavy atom. The van der Waals surface area contributed by atoms with E-state index in [0.717, 1.165) is 31.4 Å². The molecule has 1 aliphatic rings. The first-order valence-electron chi connectivity index (χ1n) is 10.3. The number of aryl methyl sites for hydroxylation is 2. The van der Waals surface area contributed by atoms with E-state index < -0.39 is 27.8 Å². The monoisotopic (exact) mass is 526 g/mol. The molecule has 1 N–H and O–H groups in total. The topological polar surface area (TPSA) is 84.3 Å². The lowest BCUT2D eigenvalue weighted by Crippen LogP contribution is -2.36. The van der Waals surface area contributed by atoms with Gasteiger partial charge < -0.3 is 5.32 Å². The molecule has 1 aromatic carbocycles. The Morgan fingerprint density at radius 3 is 2.39 bits per heavy atom. The van der Waals surface area contributed by atoms with Crippen LogP contribution in [-0.2, 0) is 22.7 Å². The standard InChI is InChI=1S/C20H23Cl2F3N4O3S/c1-13-10-18(20(23,24)25)27-29(13)9-5-6-26-19(30)14-11-17(16(22)12-15(14)21)33(31,32)28-7-3-2-4-8-28/h10-12H,2-9H2,1H3,(H,26,30). The molecule has 1 aliphatic heterocycles. The number of halogens is 5. The van der Waals surface area contributed by atoms with Crippen LogP contribution in [0.25, 0.3) is 0 Å². The number of hydrogen-bond donors (Lipinski definition) is 1. The average molecular weight is 527 g/mol. The van der Waals surface area contributed by atoms with Gasteiger partial charge in [-0.2, -0.15) is 22.6 Å². The number of hydrogen-bond acceptors (Lipinski definition) is 4. The molecule has 1 amide bonds. The van der Waals surface area contributed by atoms with Gasteiger partial charge in [0, 0.05) is 31.9 Å². The highest BCUT2D eigenvalue weighted by atomic mass is 35.5. The molecular weight excluding hydrogens is 504 g/mol. The zero-order chi connectivity index (χ0) is 24.4. The summed E-state index contributed by atoms with van der Waals surface area (Å²) in [5, 5.41) is 6.06. The van der Waals surface area contributed by atoms with Gasteiger partial charge in [0.25, 0.3) is 5.91 Å². The van der Waals surface area contributed by atoms with Crippen molar-refractivity contribution in [3.8, 4) is 0 Å². The minimum absolute atomic E-state index is 0.00664. The van der Waals surface area contributed by atoms with Crippen LogP contribution in [0, 0.1) is 6.92 Å². The smallest absolute Gasteiger partial charge is 0.352 e. The van der Waals surface area contributed by atoms with Crippen LogP contribution in [-0.4, -0.2) is 48.0 Å². The molecule has 0 atom stereocenters. The Morgan fingerprint density at radius 1 is 1.12 bits per heavy atom. The number of amides is 1. The van der Waals surface area contributed by atoms with Gasteiger partial charge >= 0.3 is 6.18 Å². The molecule has 0 spiro atoms. The number of carbonyl (C=O) groups is 1. The quantitative estimate of drug-likeness (QED) is 0.538. The van der Waals surface area contributed by atoms with Gasteiger partial charge in [-0.25, -0.2) is 8.42 Å². The van der Waals surface area contributed by atoms with Crippen molar-refractivity contribution in [2.24, 2.45) is 0 Å². The van der Waals surface area contributed by atoms with Crippen LogP contribution in [0.5, 0.6) is 0 Å². The normalized spacial score (nSPS) is 15.6. The van der Waals surface area contributed by atoms with Gasteiger partial charge in [-0.15, -0.1) is 0 Å². The Bertz CT molecular complexity index is 1130. The van der Waals surface area contributed by atoms with Crippen LogP contribution in [0.4, 0.5) is 13.2 Å². The van der Waals surface area contributed by atoms with Crippen molar-refractivity contribution in [2.75, 3.05) is 19.6 Å². The summed E-state index contributed by atoms with van der Waals surface area (Å²) in [6.45, 7) is 2.55. The third-order valence-electron chi connectivity index (χ3n) is 5.30. The van der Waals surface area contributed by atoms with Gasteiger partial charge in [0.2, 0.25) is 10.0 Å². The van der Waals surface area contributed by atoms with Crippen molar-refractivity contribution in [1.29, 1.82) is 0 Å². The Kier molecular flexibility index (Phi) is 7.98. The number of rotatable bonds is 7. The summed E-state index contributed by atoms with van der Waals surface area (Å²) >= 11 is 12.3. The molecule has 1 saturated heterocycles. The molecule has 1 aromatic heterocycles. The van der Waals surface area contributed by atoms with Crippen molar-refractivity contribution in [2.45, 2.75) is 50.2 Å². The molecule has 7 nitrogen and oxygen atoms in total. The molecule has 0 aliphatic carbocycles. The number of sulfonamides is 1. The summed E-state index contributed by atoms with van der Waals surface area (Å²) in [4.78, 5) is 12.4. The van der Waals surface area contributed by atoms with E-state index in [-0.39, 0.29) is 33.6 Å². The summed E-state index contributed by atoms with van der Waals surface area (Å²) < 4.78 is 66.8. The molecule has 0 unspecified atom stereocenters. The zero-order valence-corrected chi connectivity index (χ0v) is 20.1. The molecule has 1 fully saturated rings. The lowest BCUT2D eigenvalue weighted by Gasteiger charge is -2.26. The van der Waals surface area contributed by atoms with Crippen LogP contribution in [0.3, 0.4) is 0 Å². The van der Waals surface area contributed by atoms with Gasteiger partial charge in [0.1, 0.15) is 4.90 Å². The van der Waals surface area contributed by atoms with Gasteiger partial charge in [0.15, 0.2) is 5.69 Å². The second kappa shape index (κ2) is 10.2. The first kappa shape index (κ1) is 25.8. The Balaban J connectivity index is 1.67. The van der Waals surface area contributed by atoms with Crippen LogP contribution in [0.2, 0.25) is 10.0 Å². The van der Waals surface area contributed by atoms with Gasteiger partial charge in [-0.05, 0) is 44.4 Å². The van der Waals surface area contributed by atoms with E-state index in [1.165, 1.54) is 22.0 Å². The molecule has 13 heteroatoms. The molecule has 2 aromatic rings. The maximum Gasteiger partial charge on any atom is 0.435 e. The molecule has 0 saturated carbocycles. The number of nitrogens with one attached hydrogen (secondary N) is 1. The van der Waals surface area contributed by atoms with Gasteiger partial charge in [0.05, 0.1) is 15.6 Å². The highest BCUT2D eigenvalue weighted by Gasteiger charge is 2.34.